The predicted octanol–water partition coefficient (Wildman–Crippen LogP) is 2.83. The van der Waals surface area contributed by atoms with Gasteiger partial charge in [0.1, 0.15) is 0 Å². The summed E-state index contributed by atoms with van der Waals surface area (Å²) in [6.45, 7) is 4.08. The minimum Gasteiger partial charge on any atom is -0.179 e. The van der Waals surface area contributed by atoms with Gasteiger partial charge in [-0.1, -0.05) is 23.8 Å². The van der Waals surface area contributed by atoms with Crippen LogP contribution in [0.15, 0.2) is 23.8 Å². The van der Waals surface area contributed by atoms with E-state index in [-0.39, 0.29) is 0 Å². The molecule has 0 N–H and O–H groups in total. The van der Waals surface area contributed by atoms with E-state index in [0.29, 0.717) is 0 Å². The van der Waals surface area contributed by atoms with Gasteiger partial charge < -0.3 is 0 Å². The maximum absolute atomic E-state index is 4.13. The van der Waals surface area contributed by atoms with Gasteiger partial charge in [0.2, 0.25) is 0 Å². The molecule has 0 aliphatic carbocycles. The summed E-state index contributed by atoms with van der Waals surface area (Å²) >= 11 is 4.13. The van der Waals surface area contributed by atoms with E-state index in [1.54, 1.807) is 0 Å². The summed E-state index contributed by atoms with van der Waals surface area (Å²) in [6, 6.07) is 0. The third-order valence-corrected chi connectivity index (χ3v) is 1.38. The molecular formula is C8H14S. The molecule has 0 bridgehead atoms. The van der Waals surface area contributed by atoms with Crippen molar-refractivity contribution in [3.63, 3.8) is 0 Å². The van der Waals surface area contributed by atoms with Crippen molar-refractivity contribution < 1.29 is 0 Å². The van der Waals surface area contributed by atoms with Crippen LogP contribution in [0.2, 0.25) is 0 Å². The molecule has 9 heavy (non-hydrogen) atoms. The molecule has 1 heteroatoms. The van der Waals surface area contributed by atoms with E-state index >= 15 is 0 Å². The largest absolute Gasteiger partial charge is 0.179 e. The monoisotopic (exact) mass is 142 g/mol. The lowest BCUT2D eigenvalue weighted by atomic mass is 10.2. The van der Waals surface area contributed by atoms with E-state index in [0.717, 1.165) is 12.2 Å². The second-order valence-electron chi connectivity index (χ2n) is 1.84. The number of rotatable bonds is 3. The van der Waals surface area contributed by atoms with Crippen molar-refractivity contribution in [1.82, 2.24) is 0 Å². The molecule has 0 fully saturated rings. The third kappa shape index (κ3) is 4.34. The van der Waals surface area contributed by atoms with Crippen LogP contribution in [0.5, 0.6) is 0 Å². The van der Waals surface area contributed by atoms with Crippen LogP contribution in [0.25, 0.3) is 0 Å². The first-order valence-corrected chi connectivity index (χ1v) is 3.87. The van der Waals surface area contributed by atoms with Gasteiger partial charge in [0.15, 0.2) is 0 Å². The smallest absolute Gasteiger partial charge is 0.00575 e. The van der Waals surface area contributed by atoms with E-state index < -0.39 is 0 Å². The predicted molar refractivity (Wildman–Crippen MR) is 47.0 cm³/mol. The molecule has 0 aliphatic heterocycles. The molecule has 52 valence electrons. The zero-order valence-electron chi connectivity index (χ0n) is 6.09. The first kappa shape index (κ1) is 8.83. The van der Waals surface area contributed by atoms with Gasteiger partial charge in [-0.2, -0.15) is 12.6 Å². The Hall–Kier alpha value is -0.170. The zero-order chi connectivity index (χ0) is 7.11. The van der Waals surface area contributed by atoms with Gasteiger partial charge in [0, 0.05) is 0 Å². The summed E-state index contributed by atoms with van der Waals surface area (Å²) in [7, 11) is 0. The molecule has 0 saturated heterocycles. The lowest BCUT2D eigenvalue weighted by Crippen LogP contribution is -1.78. The van der Waals surface area contributed by atoms with E-state index in [1.165, 1.54) is 5.57 Å². The average Bonchev–Trinajstić information content (AvgIpc) is 1.88. The molecule has 0 aromatic rings. The first-order valence-electron chi connectivity index (χ1n) is 3.24. The highest BCUT2D eigenvalue weighted by atomic mass is 32.1. The summed E-state index contributed by atoms with van der Waals surface area (Å²) in [5, 5.41) is 0. The molecule has 0 radical (unpaired) electrons. The van der Waals surface area contributed by atoms with Crippen LogP contribution in [0, 0.1) is 0 Å². The molecule has 0 unspecified atom stereocenters. The van der Waals surface area contributed by atoms with Gasteiger partial charge in [0.05, 0.1) is 0 Å². The quantitative estimate of drug-likeness (QED) is 0.454. The lowest BCUT2D eigenvalue weighted by molar-refractivity contribution is 1.16. The minimum absolute atomic E-state index is 0.935. The van der Waals surface area contributed by atoms with Crippen molar-refractivity contribution in [2.45, 2.75) is 20.3 Å². The highest BCUT2D eigenvalue weighted by Gasteiger charge is 1.85. The second kappa shape index (κ2) is 5.96. The zero-order valence-corrected chi connectivity index (χ0v) is 6.99. The molecule has 0 saturated carbocycles. The highest BCUT2D eigenvalue weighted by Crippen LogP contribution is 2.03. The third-order valence-electron chi connectivity index (χ3n) is 1.15. The van der Waals surface area contributed by atoms with Crippen molar-refractivity contribution in [1.29, 1.82) is 0 Å². The molecule has 0 rings (SSSR count). The van der Waals surface area contributed by atoms with Crippen LogP contribution in [-0.4, -0.2) is 5.75 Å². The van der Waals surface area contributed by atoms with Crippen molar-refractivity contribution in [2.24, 2.45) is 0 Å². The summed E-state index contributed by atoms with van der Waals surface area (Å²) < 4.78 is 0. The van der Waals surface area contributed by atoms with Crippen LogP contribution in [-0.2, 0) is 0 Å². The molecule has 0 aliphatic rings. The minimum atomic E-state index is 0.935. The van der Waals surface area contributed by atoms with E-state index in [1.807, 2.05) is 6.92 Å². The van der Waals surface area contributed by atoms with E-state index in [2.05, 4.69) is 37.8 Å². The number of hydrogen-bond acceptors (Lipinski definition) is 1. The summed E-state index contributed by atoms with van der Waals surface area (Å²) in [4.78, 5) is 0. The van der Waals surface area contributed by atoms with Gasteiger partial charge in [0.25, 0.3) is 0 Å². The number of hydrogen-bond donors (Lipinski definition) is 1. The standard InChI is InChI=1S/C8H14S/c1-3-5-8(4-2)6-7-9/h3-5,9H,6-7H2,1-2H3/b5-3-,8-4+. The Morgan fingerprint density at radius 2 is 2.11 bits per heavy atom. The molecule has 0 nitrogen and oxygen atoms in total. The molecule has 0 amide bonds. The maximum Gasteiger partial charge on any atom is -0.00575 e. The van der Waals surface area contributed by atoms with Crippen LogP contribution in [0.3, 0.4) is 0 Å². The fraction of sp³-hybridized carbons (Fsp3) is 0.500. The van der Waals surface area contributed by atoms with E-state index in [9.17, 15) is 0 Å². The highest BCUT2D eigenvalue weighted by molar-refractivity contribution is 7.80. The van der Waals surface area contributed by atoms with Crippen molar-refractivity contribution in [2.75, 3.05) is 5.75 Å². The van der Waals surface area contributed by atoms with Crippen LogP contribution in [0.1, 0.15) is 20.3 Å². The van der Waals surface area contributed by atoms with Gasteiger partial charge in [-0.15, -0.1) is 0 Å². The van der Waals surface area contributed by atoms with Crippen molar-refractivity contribution >= 4 is 12.6 Å². The fourth-order valence-electron chi connectivity index (χ4n) is 0.667. The molecule has 0 atom stereocenters. The SMILES string of the molecule is C/C=C\C(=C/C)CCS. The Kier molecular flexibility index (Phi) is 5.85. The molecule has 0 spiro atoms. The Morgan fingerprint density at radius 1 is 1.44 bits per heavy atom. The first-order chi connectivity index (χ1) is 4.35. The van der Waals surface area contributed by atoms with Gasteiger partial charge >= 0.3 is 0 Å². The van der Waals surface area contributed by atoms with Crippen molar-refractivity contribution in [3.05, 3.63) is 23.8 Å². The maximum atomic E-state index is 4.13. The van der Waals surface area contributed by atoms with Gasteiger partial charge in [-0.05, 0) is 26.0 Å². The topological polar surface area (TPSA) is 0 Å². The lowest BCUT2D eigenvalue weighted by Gasteiger charge is -1.94. The Balaban J connectivity index is 3.70. The number of allylic oxidation sites excluding steroid dienone is 4. The van der Waals surface area contributed by atoms with E-state index in [4.69, 9.17) is 0 Å². The van der Waals surface area contributed by atoms with Crippen LogP contribution >= 0.6 is 12.6 Å². The summed E-state index contributed by atoms with van der Waals surface area (Å²) in [5.41, 5.74) is 1.37. The molecule has 0 aromatic heterocycles. The number of thiol groups is 1. The molecular weight excluding hydrogens is 128 g/mol. The van der Waals surface area contributed by atoms with Gasteiger partial charge in [-0.3, -0.25) is 0 Å². The summed E-state index contributed by atoms with van der Waals surface area (Å²) in [6.07, 6.45) is 7.37. The molecule has 0 aromatic carbocycles. The van der Waals surface area contributed by atoms with Crippen LogP contribution in [0.4, 0.5) is 0 Å². The summed E-state index contributed by atoms with van der Waals surface area (Å²) in [5.74, 6) is 0.935. The second-order valence-corrected chi connectivity index (χ2v) is 2.28. The van der Waals surface area contributed by atoms with Gasteiger partial charge in [-0.25, -0.2) is 0 Å². The Labute approximate surface area is 63.1 Å². The van der Waals surface area contributed by atoms with Crippen molar-refractivity contribution in [3.8, 4) is 0 Å². The Bertz CT molecular complexity index is 112. The normalized spacial score (nSPS) is 13.0. The Morgan fingerprint density at radius 3 is 2.44 bits per heavy atom. The van der Waals surface area contributed by atoms with Crippen LogP contribution < -0.4 is 0 Å². The fourth-order valence-corrected chi connectivity index (χ4v) is 0.925. The average molecular weight is 142 g/mol. The molecule has 0 heterocycles.